The van der Waals surface area contributed by atoms with Crippen molar-refractivity contribution in [3.8, 4) is 0 Å². The highest BCUT2D eigenvalue weighted by Gasteiger charge is 2.25. The number of halogens is 1. The molecule has 2 aliphatic rings. The highest BCUT2D eigenvalue weighted by atomic mass is 35.5. The van der Waals surface area contributed by atoms with Crippen molar-refractivity contribution in [1.29, 1.82) is 0 Å². The molecule has 0 saturated heterocycles. The third kappa shape index (κ3) is 5.97. The van der Waals surface area contributed by atoms with Crippen LogP contribution in [0.5, 0.6) is 0 Å². The molecule has 164 valence electrons. The first-order valence-electron chi connectivity index (χ1n) is 10.6. The average Bonchev–Trinajstić information content (AvgIpc) is 3.57. The van der Waals surface area contributed by atoms with Crippen LogP contribution in [0.15, 0.2) is 42.5 Å². The lowest BCUT2D eigenvalue weighted by atomic mass is 10.00. The van der Waals surface area contributed by atoms with Gasteiger partial charge >= 0.3 is 6.03 Å². The van der Waals surface area contributed by atoms with E-state index >= 15 is 0 Å². The third-order valence-electron chi connectivity index (χ3n) is 5.56. The van der Waals surface area contributed by atoms with Gasteiger partial charge in [-0.3, -0.25) is 9.69 Å². The van der Waals surface area contributed by atoms with Crippen LogP contribution in [0.1, 0.15) is 34.3 Å². The fraction of sp³-hybridized carbons (Fsp3) is 0.391. The van der Waals surface area contributed by atoms with E-state index in [-0.39, 0.29) is 18.5 Å². The quantitative estimate of drug-likeness (QED) is 0.530. The molecular weight excluding hydrogens is 416 g/mol. The van der Waals surface area contributed by atoms with E-state index in [1.165, 1.54) is 11.1 Å². The molecule has 0 radical (unpaired) electrons. The molecule has 4 rings (SSSR count). The minimum atomic E-state index is -0.680. The number of hydrogen-bond donors (Lipinski definition) is 4. The lowest BCUT2D eigenvalue weighted by Crippen LogP contribution is -2.43. The van der Waals surface area contributed by atoms with Crippen molar-refractivity contribution in [1.82, 2.24) is 15.5 Å². The van der Waals surface area contributed by atoms with E-state index in [2.05, 4.69) is 39.0 Å². The summed E-state index contributed by atoms with van der Waals surface area (Å²) in [5, 5.41) is 19.0. The van der Waals surface area contributed by atoms with E-state index in [9.17, 15) is 14.7 Å². The first kappa shape index (κ1) is 21.6. The van der Waals surface area contributed by atoms with Crippen molar-refractivity contribution in [2.75, 3.05) is 25.0 Å². The summed E-state index contributed by atoms with van der Waals surface area (Å²) in [6.45, 7) is 2.31. The smallest absolute Gasteiger partial charge is 0.319 e. The zero-order chi connectivity index (χ0) is 21.8. The van der Waals surface area contributed by atoms with E-state index in [0.717, 1.165) is 32.4 Å². The molecule has 3 amide bonds. The fourth-order valence-corrected chi connectivity index (χ4v) is 3.93. The number of nitrogens with one attached hydrogen (secondary N) is 3. The summed E-state index contributed by atoms with van der Waals surface area (Å²) >= 11 is 6.13. The van der Waals surface area contributed by atoms with Gasteiger partial charge in [-0.1, -0.05) is 35.9 Å². The van der Waals surface area contributed by atoms with Gasteiger partial charge in [0.25, 0.3) is 5.91 Å². The molecule has 1 saturated carbocycles. The van der Waals surface area contributed by atoms with Crippen LogP contribution in [-0.2, 0) is 13.0 Å². The number of urea groups is 1. The van der Waals surface area contributed by atoms with E-state index in [0.29, 0.717) is 22.8 Å². The number of benzene rings is 2. The van der Waals surface area contributed by atoms with Crippen molar-refractivity contribution in [3.63, 3.8) is 0 Å². The molecule has 31 heavy (non-hydrogen) atoms. The topological polar surface area (TPSA) is 93.7 Å². The number of β-amino-alcohol motifs (C(OH)–C–C–N with tert-alkyl or cyclic N) is 1. The Labute approximate surface area is 186 Å². The average molecular weight is 443 g/mol. The first-order chi connectivity index (χ1) is 15.0. The second kappa shape index (κ2) is 9.68. The Bertz CT molecular complexity index is 964. The van der Waals surface area contributed by atoms with E-state index in [4.69, 9.17) is 11.6 Å². The van der Waals surface area contributed by atoms with Crippen LogP contribution in [0.4, 0.5) is 10.5 Å². The summed E-state index contributed by atoms with van der Waals surface area (Å²) in [6, 6.07) is 12.9. The molecule has 8 heteroatoms. The number of rotatable bonds is 7. The van der Waals surface area contributed by atoms with Crippen LogP contribution in [0, 0.1) is 0 Å². The van der Waals surface area contributed by atoms with Gasteiger partial charge in [-0.15, -0.1) is 0 Å². The zero-order valence-corrected chi connectivity index (χ0v) is 18.0. The van der Waals surface area contributed by atoms with Crippen LogP contribution in [0.3, 0.4) is 0 Å². The Morgan fingerprint density at radius 3 is 2.71 bits per heavy atom. The number of amides is 3. The molecule has 2 aromatic carbocycles. The molecule has 0 spiro atoms. The molecule has 1 aliphatic carbocycles. The van der Waals surface area contributed by atoms with Crippen molar-refractivity contribution < 1.29 is 14.7 Å². The summed E-state index contributed by atoms with van der Waals surface area (Å²) in [7, 11) is 0. The second-order valence-corrected chi connectivity index (χ2v) is 8.59. The van der Waals surface area contributed by atoms with Crippen molar-refractivity contribution in [3.05, 3.63) is 64.2 Å². The van der Waals surface area contributed by atoms with E-state index < -0.39 is 12.1 Å². The molecule has 0 bridgehead atoms. The normalized spacial score (nSPS) is 16.8. The Morgan fingerprint density at radius 1 is 1.16 bits per heavy atom. The molecule has 1 heterocycles. The van der Waals surface area contributed by atoms with Gasteiger partial charge in [0.05, 0.1) is 16.7 Å². The number of fused-ring (bicyclic) bond motifs is 1. The van der Waals surface area contributed by atoms with Crippen molar-refractivity contribution in [2.24, 2.45) is 0 Å². The SMILES string of the molecule is O=C(NCC(O)CN1CCc2ccccc2C1)Nc1ccc(Cl)c(C(=O)NC2CC2)c1. The maximum Gasteiger partial charge on any atom is 0.319 e. The van der Waals surface area contributed by atoms with Gasteiger partial charge in [-0.2, -0.15) is 0 Å². The predicted octanol–water partition coefficient (Wildman–Crippen LogP) is 2.77. The van der Waals surface area contributed by atoms with Crippen LogP contribution in [-0.4, -0.2) is 53.7 Å². The highest BCUT2D eigenvalue weighted by molar-refractivity contribution is 6.34. The maximum atomic E-state index is 12.3. The Hall–Kier alpha value is -2.61. The predicted molar refractivity (Wildman–Crippen MR) is 120 cm³/mol. The van der Waals surface area contributed by atoms with Gasteiger partial charge in [-0.05, 0) is 48.6 Å². The summed E-state index contributed by atoms with van der Waals surface area (Å²) in [4.78, 5) is 26.7. The summed E-state index contributed by atoms with van der Waals surface area (Å²) < 4.78 is 0. The third-order valence-corrected chi connectivity index (χ3v) is 5.89. The molecular formula is C23H27ClN4O3. The van der Waals surface area contributed by atoms with E-state index in [1.54, 1.807) is 18.2 Å². The number of carbonyl (C=O) groups is 2. The zero-order valence-electron chi connectivity index (χ0n) is 17.2. The minimum absolute atomic E-state index is 0.132. The standard InChI is InChI=1S/C23H27ClN4O3/c24-21-8-7-18(11-20(21)22(30)26-17-5-6-17)27-23(31)25-12-19(29)14-28-10-9-15-3-1-2-4-16(15)13-28/h1-4,7-8,11,17,19,29H,5-6,9-10,12-14H2,(H,26,30)(H2,25,27,31). The Balaban J connectivity index is 1.24. The van der Waals surface area contributed by atoms with Gasteiger partial charge in [0, 0.05) is 37.9 Å². The summed E-state index contributed by atoms with van der Waals surface area (Å²) in [5.74, 6) is -0.241. The number of nitrogens with zero attached hydrogens (tertiary/aromatic N) is 1. The number of anilines is 1. The summed E-state index contributed by atoms with van der Waals surface area (Å²) in [6.07, 6.45) is 2.25. The second-order valence-electron chi connectivity index (χ2n) is 8.19. The fourth-order valence-electron chi connectivity index (χ4n) is 3.73. The molecule has 4 N–H and O–H groups in total. The van der Waals surface area contributed by atoms with Crippen LogP contribution < -0.4 is 16.0 Å². The molecule has 7 nitrogen and oxygen atoms in total. The number of hydrogen-bond acceptors (Lipinski definition) is 4. The minimum Gasteiger partial charge on any atom is -0.390 e. The van der Waals surface area contributed by atoms with Gasteiger partial charge in [0.2, 0.25) is 0 Å². The largest absolute Gasteiger partial charge is 0.390 e. The van der Waals surface area contributed by atoms with Crippen LogP contribution in [0.2, 0.25) is 5.02 Å². The highest BCUT2D eigenvalue weighted by Crippen LogP contribution is 2.24. The number of aliphatic hydroxyl groups excluding tert-OH is 1. The lowest BCUT2D eigenvalue weighted by molar-refractivity contribution is 0.0951. The number of aliphatic hydroxyl groups is 1. The Morgan fingerprint density at radius 2 is 1.94 bits per heavy atom. The van der Waals surface area contributed by atoms with Gasteiger partial charge in [0.15, 0.2) is 0 Å². The summed E-state index contributed by atoms with van der Waals surface area (Å²) in [5.41, 5.74) is 3.44. The van der Waals surface area contributed by atoms with Gasteiger partial charge in [-0.25, -0.2) is 4.79 Å². The maximum absolute atomic E-state index is 12.3. The molecule has 1 unspecified atom stereocenters. The molecule has 0 aromatic heterocycles. The van der Waals surface area contributed by atoms with Crippen LogP contribution in [0.25, 0.3) is 0 Å². The molecule has 1 fully saturated rings. The van der Waals surface area contributed by atoms with E-state index in [1.807, 2.05) is 6.07 Å². The first-order valence-corrected chi connectivity index (χ1v) is 11.0. The molecule has 2 aromatic rings. The van der Waals surface area contributed by atoms with Crippen molar-refractivity contribution in [2.45, 2.75) is 38.0 Å². The number of carbonyl (C=O) groups excluding carboxylic acids is 2. The van der Waals surface area contributed by atoms with Crippen molar-refractivity contribution >= 4 is 29.2 Å². The van der Waals surface area contributed by atoms with Crippen LogP contribution >= 0.6 is 11.6 Å². The molecule has 1 aliphatic heterocycles. The van der Waals surface area contributed by atoms with Gasteiger partial charge < -0.3 is 21.1 Å². The Kier molecular flexibility index (Phi) is 6.75. The monoisotopic (exact) mass is 442 g/mol. The van der Waals surface area contributed by atoms with Gasteiger partial charge in [0.1, 0.15) is 0 Å². The lowest BCUT2D eigenvalue weighted by Gasteiger charge is -2.30. The molecule has 1 atom stereocenters.